The Morgan fingerprint density at radius 1 is 0.342 bits per heavy atom. The van der Waals surface area contributed by atoms with Crippen LogP contribution < -0.4 is 0 Å². The average Bonchev–Trinajstić information content (AvgIpc) is 3.01. The lowest BCUT2D eigenvalue weighted by Crippen LogP contribution is -1.93. The van der Waals surface area contributed by atoms with Crippen LogP contribution in [0, 0.1) is 0 Å². The molecule has 178 valence electrons. The molecule has 3 aromatic carbocycles. The lowest BCUT2D eigenvalue weighted by molar-refractivity contribution is 1.31. The number of hydrogen-bond donors (Lipinski definition) is 0. The van der Waals surface area contributed by atoms with Crippen LogP contribution in [0.2, 0.25) is 0 Å². The van der Waals surface area contributed by atoms with E-state index in [-0.39, 0.29) is 0 Å². The summed E-state index contributed by atoms with van der Waals surface area (Å²) in [4.78, 5) is 19.0. The van der Waals surface area contributed by atoms with Crippen molar-refractivity contribution in [3.8, 4) is 44.8 Å². The third-order valence-electron chi connectivity index (χ3n) is 6.91. The van der Waals surface area contributed by atoms with Crippen molar-refractivity contribution in [3.05, 3.63) is 134 Å². The van der Waals surface area contributed by atoms with E-state index in [0.29, 0.717) is 0 Å². The van der Waals surface area contributed by atoms with Gasteiger partial charge in [-0.3, -0.25) is 19.9 Å². The van der Waals surface area contributed by atoms with Gasteiger partial charge in [-0.15, -0.1) is 0 Å². The molecular formula is C34H22N4. The minimum Gasteiger partial charge on any atom is -0.256 e. The highest BCUT2D eigenvalue weighted by molar-refractivity contribution is 6.11. The first kappa shape index (κ1) is 22.0. The van der Waals surface area contributed by atoms with Crippen molar-refractivity contribution >= 4 is 21.8 Å². The number of benzene rings is 3. The van der Waals surface area contributed by atoms with E-state index in [1.807, 2.05) is 61.2 Å². The van der Waals surface area contributed by atoms with Crippen LogP contribution in [0.25, 0.3) is 66.6 Å². The van der Waals surface area contributed by atoms with Gasteiger partial charge in [0.25, 0.3) is 0 Å². The Morgan fingerprint density at radius 2 is 0.763 bits per heavy atom. The van der Waals surface area contributed by atoms with E-state index in [1.54, 1.807) is 0 Å². The lowest BCUT2D eigenvalue weighted by atomic mass is 9.97. The Kier molecular flexibility index (Phi) is 5.41. The molecule has 0 fully saturated rings. The highest BCUT2D eigenvalue weighted by atomic mass is 14.7. The van der Waals surface area contributed by atoms with Crippen molar-refractivity contribution in [1.29, 1.82) is 0 Å². The third kappa shape index (κ3) is 3.89. The molecule has 4 aromatic heterocycles. The largest absolute Gasteiger partial charge is 0.256 e. The van der Waals surface area contributed by atoms with Crippen molar-refractivity contribution in [1.82, 2.24) is 19.9 Å². The van der Waals surface area contributed by atoms with Gasteiger partial charge in [-0.25, -0.2) is 0 Å². The molecule has 7 aromatic rings. The minimum absolute atomic E-state index is 0.855. The smallest absolute Gasteiger partial charge is 0.0971 e. The van der Waals surface area contributed by atoms with Crippen molar-refractivity contribution < 1.29 is 0 Å². The minimum atomic E-state index is 0.855. The highest BCUT2D eigenvalue weighted by Gasteiger charge is 2.14. The molecule has 38 heavy (non-hydrogen) atoms. The SMILES string of the molecule is c1ccc(-c2ccnc(-c3ccnc4c3ccc3c(-c5cc(-c6ccccc6)ccn5)ccnc34)c2)cc1. The summed E-state index contributed by atoms with van der Waals surface area (Å²) in [6.45, 7) is 0. The zero-order chi connectivity index (χ0) is 25.3. The average molecular weight is 487 g/mol. The van der Waals surface area contributed by atoms with Crippen molar-refractivity contribution in [2.45, 2.75) is 0 Å². The van der Waals surface area contributed by atoms with Gasteiger partial charge < -0.3 is 0 Å². The van der Waals surface area contributed by atoms with Gasteiger partial charge in [0.1, 0.15) is 0 Å². The normalized spacial score (nSPS) is 11.2. The highest BCUT2D eigenvalue weighted by Crippen LogP contribution is 2.35. The third-order valence-corrected chi connectivity index (χ3v) is 6.91. The standard InChI is InChI=1S/C34H22N4/c1-3-7-23(8-4-1)25-13-17-35-31(21-25)27-15-19-37-33-29(27)11-12-30-28(16-20-38-34(30)33)32-22-26(14-18-36-32)24-9-5-2-6-10-24/h1-22H. The van der Waals surface area contributed by atoms with Gasteiger partial charge in [0.2, 0.25) is 0 Å². The summed E-state index contributed by atoms with van der Waals surface area (Å²) in [7, 11) is 0. The van der Waals surface area contributed by atoms with Gasteiger partial charge in [-0.2, -0.15) is 0 Å². The molecule has 0 atom stereocenters. The zero-order valence-corrected chi connectivity index (χ0v) is 20.5. The van der Waals surface area contributed by atoms with Crippen LogP contribution in [-0.2, 0) is 0 Å². The van der Waals surface area contributed by atoms with Crippen molar-refractivity contribution in [3.63, 3.8) is 0 Å². The molecule has 7 rings (SSSR count). The summed E-state index contributed by atoms with van der Waals surface area (Å²) < 4.78 is 0. The Balaban J connectivity index is 1.37. The van der Waals surface area contributed by atoms with E-state index in [9.17, 15) is 0 Å². The molecule has 0 radical (unpaired) electrons. The van der Waals surface area contributed by atoms with E-state index in [4.69, 9.17) is 19.9 Å². The van der Waals surface area contributed by atoms with Gasteiger partial charge >= 0.3 is 0 Å². The van der Waals surface area contributed by atoms with Crippen LogP contribution in [0.4, 0.5) is 0 Å². The van der Waals surface area contributed by atoms with E-state index in [1.165, 1.54) is 0 Å². The first-order chi connectivity index (χ1) is 18.8. The Labute approximate surface area is 220 Å². The molecule has 0 saturated heterocycles. The first-order valence-corrected chi connectivity index (χ1v) is 12.6. The van der Waals surface area contributed by atoms with E-state index >= 15 is 0 Å². The van der Waals surface area contributed by atoms with Crippen LogP contribution in [-0.4, -0.2) is 19.9 Å². The van der Waals surface area contributed by atoms with Gasteiger partial charge in [0, 0.05) is 46.7 Å². The quantitative estimate of drug-likeness (QED) is 0.235. The van der Waals surface area contributed by atoms with E-state index in [2.05, 4.69) is 72.8 Å². The summed E-state index contributed by atoms with van der Waals surface area (Å²) in [5.74, 6) is 0. The van der Waals surface area contributed by atoms with Crippen LogP contribution >= 0.6 is 0 Å². The fraction of sp³-hybridized carbons (Fsp3) is 0. The summed E-state index contributed by atoms with van der Waals surface area (Å²) in [5, 5.41) is 2.04. The van der Waals surface area contributed by atoms with Crippen LogP contribution in [0.15, 0.2) is 134 Å². The molecule has 0 unspecified atom stereocenters. The number of rotatable bonds is 4. The van der Waals surface area contributed by atoms with Gasteiger partial charge in [0.05, 0.1) is 22.4 Å². The zero-order valence-electron chi connectivity index (χ0n) is 20.5. The molecule has 4 heteroatoms. The first-order valence-electron chi connectivity index (χ1n) is 12.6. The van der Waals surface area contributed by atoms with E-state index < -0.39 is 0 Å². The van der Waals surface area contributed by atoms with Gasteiger partial charge in [-0.1, -0.05) is 72.8 Å². The topological polar surface area (TPSA) is 51.6 Å². The Bertz CT molecular complexity index is 1770. The molecule has 4 nitrogen and oxygen atoms in total. The number of hydrogen-bond acceptors (Lipinski definition) is 4. The fourth-order valence-corrected chi connectivity index (χ4v) is 5.05. The molecule has 0 spiro atoms. The Morgan fingerprint density at radius 3 is 1.21 bits per heavy atom. The maximum Gasteiger partial charge on any atom is 0.0971 e. The number of nitrogens with zero attached hydrogens (tertiary/aromatic N) is 4. The second-order valence-corrected chi connectivity index (χ2v) is 9.17. The second-order valence-electron chi connectivity index (χ2n) is 9.17. The number of pyridine rings is 4. The molecule has 0 aliphatic heterocycles. The summed E-state index contributed by atoms with van der Waals surface area (Å²) in [5.41, 5.74) is 10.2. The molecule has 0 amide bonds. The van der Waals surface area contributed by atoms with Crippen LogP contribution in [0.3, 0.4) is 0 Å². The number of fused-ring (bicyclic) bond motifs is 3. The maximum atomic E-state index is 4.77. The summed E-state index contributed by atoms with van der Waals surface area (Å²) >= 11 is 0. The van der Waals surface area contributed by atoms with Crippen molar-refractivity contribution in [2.75, 3.05) is 0 Å². The summed E-state index contributed by atoms with van der Waals surface area (Å²) in [6.07, 6.45) is 7.42. The fourth-order valence-electron chi connectivity index (χ4n) is 5.05. The van der Waals surface area contributed by atoms with Crippen LogP contribution in [0.5, 0.6) is 0 Å². The van der Waals surface area contributed by atoms with Gasteiger partial charge in [0.15, 0.2) is 0 Å². The second kappa shape index (κ2) is 9.34. The monoisotopic (exact) mass is 486 g/mol. The van der Waals surface area contributed by atoms with Gasteiger partial charge in [-0.05, 0) is 58.7 Å². The molecule has 4 heterocycles. The predicted molar refractivity (Wildman–Crippen MR) is 154 cm³/mol. The summed E-state index contributed by atoms with van der Waals surface area (Å²) in [6, 6.07) is 37.4. The van der Waals surface area contributed by atoms with Crippen molar-refractivity contribution in [2.24, 2.45) is 0 Å². The van der Waals surface area contributed by atoms with E-state index in [0.717, 1.165) is 66.6 Å². The molecule has 0 aliphatic carbocycles. The molecule has 0 bridgehead atoms. The predicted octanol–water partition coefficient (Wildman–Crippen LogP) is 8.24. The molecule has 0 aliphatic rings. The lowest BCUT2D eigenvalue weighted by Gasteiger charge is -2.12. The van der Waals surface area contributed by atoms with Crippen LogP contribution in [0.1, 0.15) is 0 Å². The maximum absolute atomic E-state index is 4.77. The molecular weight excluding hydrogens is 464 g/mol. The Hall–Kier alpha value is -5.22. The number of aromatic nitrogens is 4. The molecule has 0 saturated carbocycles. The molecule has 0 N–H and O–H groups in total.